The molecule has 3 nitrogen and oxygen atoms in total. The maximum atomic E-state index is 5.57. The molecule has 3 heteroatoms. The second-order valence-electron chi connectivity index (χ2n) is 5.44. The Morgan fingerprint density at radius 2 is 1.04 bits per heavy atom. The summed E-state index contributed by atoms with van der Waals surface area (Å²) < 4.78 is 11.1. The molecule has 0 amide bonds. The number of benzene rings is 3. The first-order valence-electron chi connectivity index (χ1n) is 7.54. The van der Waals surface area contributed by atoms with E-state index in [1.165, 1.54) is 0 Å². The van der Waals surface area contributed by atoms with Crippen LogP contribution in [0.1, 0.15) is 0 Å². The molecule has 0 radical (unpaired) electrons. The molecule has 0 atom stereocenters. The van der Waals surface area contributed by atoms with Gasteiger partial charge in [-0.25, -0.2) is 0 Å². The van der Waals surface area contributed by atoms with Crippen molar-refractivity contribution < 1.29 is 9.47 Å². The Balaban J connectivity index is 2.03. The fourth-order valence-corrected chi connectivity index (χ4v) is 3.22. The predicted molar refractivity (Wildman–Crippen MR) is 93.5 cm³/mol. The zero-order valence-corrected chi connectivity index (χ0v) is 13.1. The Bertz CT molecular complexity index is 879. The molecule has 2 aromatic carbocycles. The van der Waals surface area contributed by atoms with Crippen LogP contribution in [0, 0.1) is 0 Å². The molecule has 1 N–H and O–H groups in total. The predicted octanol–water partition coefficient (Wildman–Crippen LogP) is 4.96. The van der Waals surface area contributed by atoms with Gasteiger partial charge in [-0.05, 0) is 24.3 Å². The van der Waals surface area contributed by atoms with Gasteiger partial charge < -0.3 is 14.5 Å². The molecule has 23 heavy (non-hydrogen) atoms. The van der Waals surface area contributed by atoms with Crippen LogP contribution in [-0.2, 0) is 0 Å². The van der Waals surface area contributed by atoms with E-state index >= 15 is 0 Å². The van der Waals surface area contributed by atoms with Crippen LogP contribution in [-0.4, -0.2) is 19.2 Å². The third-order valence-electron chi connectivity index (χ3n) is 4.23. The lowest BCUT2D eigenvalue weighted by atomic mass is 9.93. The Morgan fingerprint density at radius 1 is 0.609 bits per heavy atom. The van der Waals surface area contributed by atoms with E-state index in [0.29, 0.717) is 0 Å². The third kappa shape index (κ3) is 2.05. The van der Waals surface area contributed by atoms with Gasteiger partial charge in [0.15, 0.2) is 0 Å². The summed E-state index contributed by atoms with van der Waals surface area (Å²) in [5.41, 5.74) is 6.68. The van der Waals surface area contributed by atoms with Gasteiger partial charge in [-0.3, -0.25) is 0 Å². The van der Waals surface area contributed by atoms with Crippen LogP contribution >= 0.6 is 0 Å². The summed E-state index contributed by atoms with van der Waals surface area (Å²) in [5, 5.41) is 0. The van der Waals surface area contributed by atoms with E-state index in [-0.39, 0.29) is 0 Å². The van der Waals surface area contributed by atoms with Crippen molar-refractivity contribution in [3.05, 3.63) is 60.7 Å². The molecule has 2 heterocycles. The van der Waals surface area contributed by atoms with Gasteiger partial charge in [-0.1, -0.05) is 36.4 Å². The summed E-state index contributed by atoms with van der Waals surface area (Å²) in [5.74, 6) is 1.73. The van der Waals surface area contributed by atoms with E-state index < -0.39 is 0 Å². The highest BCUT2D eigenvalue weighted by Gasteiger charge is 2.21. The summed E-state index contributed by atoms with van der Waals surface area (Å²) in [7, 11) is 3.41. The van der Waals surface area contributed by atoms with Crippen molar-refractivity contribution in [3.63, 3.8) is 0 Å². The Hall–Kier alpha value is -2.94. The first-order valence-corrected chi connectivity index (χ1v) is 7.54. The van der Waals surface area contributed by atoms with Gasteiger partial charge in [0, 0.05) is 33.3 Å². The number of methoxy groups -OCH3 is 2. The van der Waals surface area contributed by atoms with Gasteiger partial charge in [0.1, 0.15) is 11.5 Å². The fraction of sp³-hybridized carbons (Fsp3) is 0.100. The van der Waals surface area contributed by atoms with Crippen LogP contribution in [0.2, 0.25) is 0 Å². The standard InChI is InChI=1S/C20H17NO2/c1-22-17-9-5-3-7-13(17)19-15-11-12-16(21-15)20(19)14-8-4-6-10-18(14)23-2/h3-12,21H,1-2H3. The topological polar surface area (TPSA) is 34.2 Å². The zero-order valence-electron chi connectivity index (χ0n) is 13.1. The maximum absolute atomic E-state index is 5.57. The quantitative estimate of drug-likeness (QED) is 0.578. The zero-order chi connectivity index (χ0) is 15.8. The average Bonchev–Trinajstić information content (AvgIpc) is 3.22. The maximum Gasteiger partial charge on any atom is 0.126 e. The highest BCUT2D eigenvalue weighted by atomic mass is 16.5. The minimum absolute atomic E-state index is 0.866. The molecule has 2 bridgehead atoms. The van der Waals surface area contributed by atoms with E-state index in [9.17, 15) is 0 Å². The summed E-state index contributed by atoms with van der Waals surface area (Å²) in [4.78, 5) is 3.46. The van der Waals surface area contributed by atoms with Gasteiger partial charge in [0.25, 0.3) is 0 Å². The summed E-state index contributed by atoms with van der Waals surface area (Å²) in [6.45, 7) is 0. The molecule has 0 spiro atoms. The number of fused-ring (bicyclic) bond motifs is 2. The molecule has 4 aromatic rings. The second kappa shape index (κ2) is 5.36. The molecule has 0 aliphatic carbocycles. The highest BCUT2D eigenvalue weighted by molar-refractivity contribution is 6.06. The van der Waals surface area contributed by atoms with E-state index in [1.54, 1.807) is 14.2 Å². The van der Waals surface area contributed by atoms with Crippen molar-refractivity contribution in [2.45, 2.75) is 0 Å². The lowest BCUT2D eigenvalue weighted by Gasteiger charge is -2.13. The van der Waals surface area contributed by atoms with E-state index in [2.05, 4.69) is 29.2 Å². The van der Waals surface area contributed by atoms with Gasteiger partial charge >= 0.3 is 0 Å². The number of H-pyrrole nitrogens is 1. The van der Waals surface area contributed by atoms with Crippen molar-refractivity contribution in [1.82, 2.24) is 4.98 Å². The van der Waals surface area contributed by atoms with Crippen molar-refractivity contribution in [2.75, 3.05) is 14.2 Å². The molecule has 4 rings (SSSR count). The number of rotatable bonds is 4. The number of aromatic nitrogens is 1. The number of para-hydroxylation sites is 2. The molecule has 0 aliphatic heterocycles. The molecular weight excluding hydrogens is 286 g/mol. The fourth-order valence-electron chi connectivity index (χ4n) is 3.22. The molecular formula is C20H17NO2. The van der Waals surface area contributed by atoms with Crippen LogP contribution < -0.4 is 9.47 Å². The number of nitrogens with one attached hydrogen (secondary N) is 1. The number of ether oxygens (including phenoxy) is 2. The van der Waals surface area contributed by atoms with Crippen LogP contribution in [0.3, 0.4) is 0 Å². The Labute approximate surface area is 134 Å². The number of aromatic amines is 1. The van der Waals surface area contributed by atoms with Gasteiger partial charge in [-0.2, -0.15) is 0 Å². The van der Waals surface area contributed by atoms with E-state index in [1.807, 2.05) is 36.4 Å². The van der Waals surface area contributed by atoms with Crippen molar-refractivity contribution >= 4 is 11.0 Å². The Morgan fingerprint density at radius 3 is 1.48 bits per heavy atom. The summed E-state index contributed by atoms with van der Waals surface area (Å²) in [6, 6.07) is 20.4. The smallest absolute Gasteiger partial charge is 0.126 e. The lowest BCUT2D eigenvalue weighted by molar-refractivity contribution is 0.416. The van der Waals surface area contributed by atoms with Crippen LogP contribution in [0.15, 0.2) is 60.7 Å². The summed E-state index contributed by atoms with van der Waals surface area (Å²) >= 11 is 0. The van der Waals surface area contributed by atoms with Gasteiger partial charge in [0.2, 0.25) is 0 Å². The van der Waals surface area contributed by atoms with Gasteiger partial charge in [0.05, 0.1) is 14.2 Å². The van der Waals surface area contributed by atoms with Gasteiger partial charge in [-0.15, -0.1) is 0 Å². The molecule has 0 aliphatic rings. The number of hydrogen-bond acceptors (Lipinski definition) is 2. The van der Waals surface area contributed by atoms with Crippen molar-refractivity contribution in [3.8, 4) is 33.8 Å². The normalized spacial score (nSPS) is 11.0. The highest BCUT2D eigenvalue weighted by Crippen LogP contribution is 2.46. The molecule has 114 valence electrons. The first kappa shape index (κ1) is 13.7. The Kier molecular flexibility index (Phi) is 3.19. The van der Waals surface area contributed by atoms with Crippen LogP contribution in [0.25, 0.3) is 33.3 Å². The number of hydrogen-bond donors (Lipinski definition) is 1. The van der Waals surface area contributed by atoms with Crippen molar-refractivity contribution in [2.24, 2.45) is 0 Å². The molecule has 0 fully saturated rings. The molecule has 0 saturated carbocycles. The molecule has 0 unspecified atom stereocenters. The minimum Gasteiger partial charge on any atom is -0.496 e. The second-order valence-corrected chi connectivity index (χ2v) is 5.44. The summed E-state index contributed by atoms with van der Waals surface area (Å²) in [6.07, 6.45) is 0. The SMILES string of the molecule is COc1ccccc1-c1c(-c2ccccc2OC)c2ccc1[nH]2. The largest absolute Gasteiger partial charge is 0.496 e. The first-order chi connectivity index (χ1) is 11.3. The average molecular weight is 303 g/mol. The van der Waals surface area contributed by atoms with Crippen LogP contribution in [0.5, 0.6) is 11.5 Å². The third-order valence-corrected chi connectivity index (χ3v) is 4.23. The monoisotopic (exact) mass is 303 g/mol. The van der Waals surface area contributed by atoms with E-state index in [0.717, 1.165) is 44.8 Å². The van der Waals surface area contributed by atoms with Crippen molar-refractivity contribution in [1.29, 1.82) is 0 Å². The molecule has 0 saturated heterocycles. The van der Waals surface area contributed by atoms with Crippen LogP contribution in [0.4, 0.5) is 0 Å². The molecule has 2 aromatic heterocycles. The minimum atomic E-state index is 0.866. The lowest BCUT2D eigenvalue weighted by Crippen LogP contribution is -1.91. The van der Waals surface area contributed by atoms with E-state index in [4.69, 9.17) is 9.47 Å².